The number of anilines is 1. The molecule has 106 valence electrons. The van der Waals surface area contributed by atoms with Crippen molar-refractivity contribution in [1.82, 2.24) is 0 Å². The van der Waals surface area contributed by atoms with E-state index in [1.807, 2.05) is 30.5 Å². The van der Waals surface area contributed by atoms with Crippen LogP contribution in [0, 0.1) is 0 Å². The number of halogens is 3. The highest BCUT2D eigenvalue weighted by Crippen LogP contribution is 2.32. The third-order valence-corrected chi connectivity index (χ3v) is 3.64. The molecule has 0 heterocycles. The van der Waals surface area contributed by atoms with Crippen LogP contribution >= 0.6 is 11.8 Å². The van der Waals surface area contributed by atoms with Crippen LogP contribution in [0.3, 0.4) is 0 Å². The van der Waals surface area contributed by atoms with Crippen LogP contribution in [-0.2, 0) is 12.7 Å². The summed E-state index contributed by atoms with van der Waals surface area (Å²) in [6, 6.07) is 13.2. The average molecular weight is 297 g/mol. The van der Waals surface area contributed by atoms with Gasteiger partial charge in [-0.25, -0.2) is 0 Å². The monoisotopic (exact) mass is 297 g/mol. The Bertz CT molecular complexity index is 564. The maximum atomic E-state index is 12.8. The zero-order valence-electron chi connectivity index (χ0n) is 10.9. The maximum absolute atomic E-state index is 12.8. The molecule has 0 atom stereocenters. The summed E-state index contributed by atoms with van der Waals surface area (Å²) in [5, 5.41) is 3.02. The lowest BCUT2D eigenvalue weighted by molar-refractivity contribution is -0.138. The second kappa shape index (κ2) is 6.22. The van der Waals surface area contributed by atoms with Crippen molar-refractivity contribution in [3.63, 3.8) is 0 Å². The molecule has 0 amide bonds. The molecule has 0 aliphatic heterocycles. The van der Waals surface area contributed by atoms with E-state index in [0.29, 0.717) is 0 Å². The van der Waals surface area contributed by atoms with Gasteiger partial charge in [-0.05, 0) is 42.2 Å². The van der Waals surface area contributed by atoms with Crippen molar-refractivity contribution in [1.29, 1.82) is 0 Å². The molecule has 2 rings (SSSR count). The van der Waals surface area contributed by atoms with Gasteiger partial charge in [-0.15, -0.1) is 11.8 Å². The number of hydrogen-bond acceptors (Lipinski definition) is 2. The predicted octanol–water partition coefficient (Wildman–Crippen LogP) is 5.04. The normalized spacial score (nSPS) is 11.4. The number of nitrogens with one attached hydrogen (secondary N) is 1. The fourth-order valence-corrected chi connectivity index (χ4v) is 2.27. The zero-order chi connectivity index (χ0) is 14.6. The molecule has 0 fully saturated rings. The summed E-state index contributed by atoms with van der Waals surface area (Å²) in [6.07, 6.45) is -2.34. The highest BCUT2D eigenvalue weighted by atomic mass is 32.2. The lowest BCUT2D eigenvalue weighted by atomic mass is 10.1. The average Bonchev–Trinajstić information content (AvgIpc) is 2.45. The first-order valence-electron chi connectivity index (χ1n) is 6.04. The number of benzene rings is 2. The van der Waals surface area contributed by atoms with Gasteiger partial charge >= 0.3 is 6.18 Å². The van der Waals surface area contributed by atoms with Crippen LogP contribution < -0.4 is 5.32 Å². The summed E-state index contributed by atoms with van der Waals surface area (Å²) in [7, 11) is 0. The van der Waals surface area contributed by atoms with Gasteiger partial charge in [0, 0.05) is 17.1 Å². The van der Waals surface area contributed by atoms with Crippen LogP contribution in [0.5, 0.6) is 0 Å². The van der Waals surface area contributed by atoms with E-state index in [-0.39, 0.29) is 12.1 Å². The van der Waals surface area contributed by atoms with E-state index in [4.69, 9.17) is 0 Å². The first-order valence-corrected chi connectivity index (χ1v) is 7.26. The molecular weight excluding hydrogens is 283 g/mol. The van der Waals surface area contributed by atoms with Gasteiger partial charge in [-0.3, -0.25) is 0 Å². The van der Waals surface area contributed by atoms with Crippen LogP contribution in [-0.4, -0.2) is 6.26 Å². The molecule has 0 aromatic heterocycles. The highest BCUT2D eigenvalue weighted by Gasteiger charge is 2.32. The molecule has 0 unspecified atom stereocenters. The summed E-state index contributed by atoms with van der Waals surface area (Å²) in [5.41, 5.74) is 0.460. The lowest BCUT2D eigenvalue weighted by Crippen LogP contribution is -2.11. The topological polar surface area (TPSA) is 12.0 Å². The van der Waals surface area contributed by atoms with E-state index in [1.54, 1.807) is 17.8 Å². The van der Waals surface area contributed by atoms with Crippen molar-refractivity contribution in [2.24, 2.45) is 0 Å². The van der Waals surface area contributed by atoms with Gasteiger partial charge in [0.15, 0.2) is 0 Å². The van der Waals surface area contributed by atoms with Gasteiger partial charge in [-0.2, -0.15) is 13.2 Å². The predicted molar refractivity (Wildman–Crippen MR) is 77.0 cm³/mol. The van der Waals surface area contributed by atoms with E-state index in [1.165, 1.54) is 12.1 Å². The Morgan fingerprint density at radius 3 is 2.25 bits per heavy atom. The molecule has 0 radical (unpaired) electrons. The molecule has 2 aromatic rings. The zero-order valence-corrected chi connectivity index (χ0v) is 11.7. The Morgan fingerprint density at radius 1 is 1.00 bits per heavy atom. The number of hydrogen-bond donors (Lipinski definition) is 1. The molecule has 0 saturated carbocycles. The van der Waals surface area contributed by atoms with E-state index >= 15 is 0 Å². The molecule has 0 aliphatic carbocycles. The Kier molecular flexibility index (Phi) is 4.60. The fraction of sp³-hybridized carbons (Fsp3) is 0.200. The van der Waals surface area contributed by atoms with E-state index in [2.05, 4.69) is 5.32 Å². The Labute approximate surface area is 120 Å². The Morgan fingerprint density at radius 2 is 1.65 bits per heavy atom. The largest absolute Gasteiger partial charge is 0.416 e. The maximum Gasteiger partial charge on any atom is 0.416 e. The minimum atomic E-state index is -4.32. The van der Waals surface area contributed by atoms with Crippen LogP contribution in [0.2, 0.25) is 0 Å². The number of thioether (sulfide) groups is 1. The van der Waals surface area contributed by atoms with Crippen molar-refractivity contribution in [2.45, 2.75) is 17.6 Å². The molecule has 20 heavy (non-hydrogen) atoms. The standard InChI is InChI=1S/C15H14F3NS/c1-20-13-8-6-12(7-9-13)19-10-11-4-2-3-5-14(11)15(16,17)18/h2-9,19H,10H2,1H3. The third-order valence-electron chi connectivity index (χ3n) is 2.90. The molecule has 0 spiro atoms. The van der Waals surface area contributed by atoms with Crippen molar-refractivity contribution >= 4 is 17.4 Å². The Balaban J connectivity index is 2.10. The molecule has 0 saturated heterocycles. The van der Waals surface area contributed by atoms with Gasteiger partial charge in [0.2, 0.25) is 0 Å². The summed E-state index contributed by atoms with van der Waals surface area (Å²) >= 11 is 1.62. The summed E-state index contributed by atoms with van der Waals surface area (Å²) < 4.78 is 38.5. The third kappa shape index (κ3) is 3.70. The summed E-state index contributed by atoms with van der Waals surface area (Å²) in [4.78, 5) is 1.12. The first kappa shape index (κ1) is 14.8. The van der Waals surface area contributed by atoms with Gasteiger partial charge in [0.25, 0.3) is 0 Å². The van der Waals surface area contributed by atoms with Gasteiger partial charge < -0.3 is 5.32 Å². The van der Waals surface area contributed by atoms with Crippen LogP contribution in [0.4, 0.5) is 18.9 Å². The van der Waals surface area contributed by atoms with Crippen LogP contribution in [0.1, 0.15) is 11.1 Å². The van der Waals surface area contributed by atoms with Gasteiger partial charge in [-0.1, -0.05) is 18.2 Å². The van der Waals surface area contributed by atoms with Crippen molar-refractivity contribution in [2.75, 3.05) is 11.6 Å². The van der Waals surface area contributed by atoms with Crippen molar-refractivity contribution in [3.05, 3.63) is 59.7 Å². The minimum absolute atomic E-state index is 0.147. The molecule has 1 nitrogen and oxygen atoms in total. The molecule has 0 bridgehead atoms. The van der Waals surface area contributed by atoms with Gasteiger partial charge in [0.05, 0.1) is 5.56 Å². The van der Waals surface area contributed by atoms with Crippen molar-refractivity contribution in [3.8, 4) is 0 Å². The lowest BCUT2D eigenvalue weighted by Gasteiger charge is -2.14. The van der Waals surface area contributed by atoms with Crippen LogP contribution in [0.25, 0.3) is 0 Å². The van der Waals surface area contributed by atoms with Gasteiger partial charge in [0.1, 0.15) is 0 Å². The first-order chi connectivity index (χ1) is 9.50. The molecule has 1 N–H and O–H groups in total. The van der Waals surface area contributed by atoms with E-state index < -0.39 is 11.7 Å². The Hall–Kier alpha value is -1.62. The van der Waals surface area contributed by atoms with E-state index in [0.717, 1.165) is 16.6 Å². The minimum Gasteiger partial charge on any atom is -0.381 e. The summed E-state index contributed by atoms with van der Waals surface area (Å²) in [6.45, 7) is 0.147. The van der Waals surface area contributed by atoms with Crippen molar-refractivity contribution < 1.29 is 13.2 Å². The highest BCUT2D eigenvalue weighted by molar-refractivity contribution is 7.98. The molecular formula is C15H14F3NS. The van der Waals surface area contributed by atoms with E-state index in [9.17, 15) is 13.2 Å². The molecule has 0 aliphatic rings. The van der Waals surface area contributed by atoms with Crippen LogP contribution in [0.15, 0.2) is 53.4 Å². The molecule has 5 heteroatoms. The SMILES string of the molecule is CSc1ccc(NCc2ccccc2C(F)(F)F)cc1. The second-order valence-corrected chi connectivity index (χ2v) is 5.12. The summed E-state index contributed by atoms with van der Waals surface area (Å²) in [5.74, 6) is 0. The quantitative estimate of drug-likeness (QED) is 0.793. The number of alkyl halides is 3. The fourth-order valence-electron chi connectivity index (χ4n) is 1.86. The second-order valence-electron chi connectivity index (χ2n) is 4.24. The smallest absolute Gasteiger partial charge is 0.381 e. The number of rotatable bonds is 4. The molecule has 2 aromatic carbocycles.